The number of aliphatic hydroxyl groups is 1. The van der Waals surface area contributed by atoms with Crippen LogP contribution in [0.5, 0.6) is 0 Å². The van der Waals surface area contributed by atoms with Gasteiger partial charge in [0.15, 0.2) is 0 Å². The summed E-state index contributed by atoms with van der Waals surface area (Å²) in [5, 5.41) is 10.4. The lowest BCUT2D eigenvalue weighted by atomic mass is 9.90. The molecule has 0 aromatic heterocycles. The van der Waals surface area contributed by atoms with E-state index in [1.54, 1.807) is 0 Å². The van der Waals surface area contributed by atoms with Gasteiger partial charge in [-0.25, -0.2) is 0 Å². The standard InChI is InChI=1S/C19H42O4Si/c1-7-21-24(22-8-2,23-9-3)17-13-11-10-12-15-19(6,20)16-14-18(4)5/h18,20H,7-17H2,1-6H3. The smallest absolute Gasteiger partial charge is 0.390 e. The van der Waals surface area contributed by atoms with Crippen molar-refractivity contribution in [3.8, 4) is 0 Å². The van der Waals surface area contributed by atoms with Crippen LogP contribution in [-0.4, -0.2) is 39.3 Å². The molecule has 5 heteroatoms. The largest absolute Gasteiger partial charge is 0.500 e. The summed E-state index contributed by atoms with van der Waals surface area (Å²) in [4.78, 5) is 0. The first-order valence-corrected chi connectivity index (χ1v) is 11.9. The molecule has 0 saturated heterocycles. The van der Waals surface area contributed by atoms with Crippen LogP contribution in [0.4, 0.5) is 0 Å². The van der Waals surface area contributed by atoms with Crippen molar-refractivity contribution in [3.05, 3.63) is 0 Å². The summed E-state index contributed by atoms with van der Waals surface area (Å²) < 4.78 is 17.6. The van der Waals surface area contributed by atoms with Crippen molar-refractivity contribution in [3.63, 3.8) is 0 Å². The Balaban J connectivity index is 4.04. The molecule has 0 bridgehead atoms. The minimum atomic E-state index is -2.47. The Bertz CT molecular complexity index is 278. The van der Waals surface area contributed by atoms with E-state index in [1.165, 1.54) is 0 Å². The average molecular weight is 363 g/mol. The van der Waals surface area contributed by atoms with Crippen LogP contribution in [0.1, 0.15) is 86.5 Å². The predicted octanol–water partition coefficient (Wildman–Crippen LogP) is 5.17. The van der Waals surface area contributed by atoms with Crippen molar-refractivity contribution in [2.75, 3.05) is 19.8 Å². The van der Waals surface area contributed by atoms with Crippen molar-refractivity contribution in [1.29, 1.82) is 0 Å². The molecule has 24 heavy (non-hydrogen) atoms. The second-order valence-electron chi connectivity index (χ2n) is 7.33. The highest BCUT2D eigenvalue weighted by Crippen LogP contribution is 2.24. The quantitative estimate of drug-likeness (QED) is 0.304. The molecular formula is C19H42O4Si. The van der Waals surface area contributed by atoms with Gasteiger partial charge in [0.25, 0.3) is 0 Å². The number of rotatable bonds is 16. The number of hydrogen-bond acceptors (Lipinski definition) is 4. The molecule has 1 unspecified atom stereocenters. The van der Waals surface area contributed by atoms with E-state index in [4.69, 9.17) is 13.3 Å². The van der Waals surface area contributed by atoms with E-state index in [1.807, 2.05) is 27.7 Å². The van der Waals surface area contributed by atoms with Crippen molar-refractivity contribution < 1.29 is 18.4 Å². The lowest BCUT2D eigenvalue weighted by Gasteiger charge is -2.28. The van der Waals surface area contributed by atoms with Gasteiger partial charge in [0, 0.05) is 25.9 Å². The summed E-state index contributed by atoms with van der Waals surface area (Å²) in [6.07, 6.45) is 7.33. The normalized spacial score (nSPS) is 15.0. The SMILES string of the molecule is CCO[Si](CCCCCCC(C)(O)CCC(C)C)(OCC)OCC. The van der Waals surface area contributed by atoms with E-state index in [0.29, 0.717) is 25.7 Å². The fourth-order valence-electron chi connectivity index (χ4n) is 2.93. The molecule has 0 rings (SSSR count). The highest BCUT2D eigenvalue weighted by molar-refractivity contribution is 6.60. The Hall–Kier alpha value is 0.0569. The summed E-state index contributed by atoms with van der Waals surface area (Å²) >= 11 is 0. The fraction of sp³-hybridized carbons (Fsp3) is 1.00. The maximum absolute atomic E-state index is 10.4. The third-order valence-corrected chi connectivity index (χ3v) is 7.45. The van der Waals surface area contributed by atoms with Gasteiger partial charge in [-0.15, -0.1) is 0 Å². The molecule has 0 aliphatic carbocycles. The molecule has 146 valence electrons. The number of unbranched alkanes of at least 4 members (excludes halogenated alkanes) is 3. The maximum atomic E-state index is 10.4. The minimum Gasteiger partial charge on any atom is -0.390 e. The van der Waals surface area contributed by atoms with E-state index >= 15 is 0 Å². The number of hydrogen-bond donors (Lipinski definition) is 1. The Morgan fingerprint density at radius 1 is 0.833 bits per heavy atom. The molecule has 0 aromatic rings. The zero-order valence-electron chi connectivity index (χ0n) is 17.0. The summed E-state index contributed by atoms with van der Waals surface area (Å²) in [7, 11) is -2.47. The zero-order chi connectivity index (χ0) is 18.5. The highest BCUT2D eigenvalue weighted by atomic mass is 28.4. The Kier molecular flexibility index (Phi) is 13.3. The van der Waals surface area contributed by atoms with Crippen LogP contribution in [0.25, 0.3) is 0 Å². The van der Waals surface area contributed by atoms with Gasteiger partial charge in [-0.3, -0.25) is 0 Å². The molecular weight excluding hydrogens is 320 g/mol. The summed E-state index contributed by atoms with van der Waals surface area (Å²) in [6, 6.07) is 0.895. The van der Waals surface area contributed by atoms with Crippen LogP contribution in [0.2, 0.25) is 6.04 Å². The molecule has 0 fully saturated rings. The summed E-state index contributed by atoms with van der Waals surface area (Å²) in [5.74, 6) is 0.658. The molecule has 4 nitrogen and oxygen atoms in total. The van der Waals surface area contributed by atoms with E-state index in [0.717, 1.165) is 51.0 Å². The van der Waals surface area contributed by atoms with Crippen molar-refractivity contribution in [2.45, 2.75) is 98.1 Å². The molecule has 0 heterocycles. The molecule has 0 amide bonds. The first-order chi connectivity index (χ1) is 11.3. The first-order valence-electron chi connectivity index (χ1n) is 9.95. The first kappa shape index (κ1) is 24.1. The van der Waals surface area contributed by atoms with Gasteiger partial charge < -0.3 is 18.4 Å². The van der Waals surface area contributed by atoms with Crippen LogP contribution in [-0.2, 0) is 13.3 Å². The minimum absolute atomic E-state index is 0.509. The Morgan fingerprint density at radius 3 is 1.79 bits per heavy atom. The van der Waals surface area contributed by atoms with Crippen LogP contribution < -0.4 is 0 Å². The van der Waals surface area contributed by atoms with Gasteiger partial charge in [-0.1, -0.05) is 33.1 Å². The van der Waals surface area contributed by atoms with Crippen LogP contribution >= 0.6 is 0 Å². The maximum Gasteiger partial charge on any atom is 0.500 e. The lowest BCUT2D eigenvalue weighted by molar-refractivity contribution is 0.0339. The monoisotopic (exact) mass is 362 g/mol. The van der Waals surface area contributed by atoms with Crippen molar-refractivity contribution in [1.82, 2.24) is 0 Å². The second-order valence-corrected chi connectivity index (χ2v) is 10.1. The molecule has 0 aliphatic heterocycles. The Morgan fingerprint density at radius 2 is 1.33 bits per heavy atom. The third kappa shape index (κ3) is 11.6. The predicted molar refractivity (Wildman–Crippen MR) is 103 cm³/mol. The molecule has 0 saturated carbocycles. The van der Waals surface area contributed by atoms with Gasteiger partial charge in [-0.05, 0) is 59.3 Å². The van der Waals surface area contributed by atoms with Gasteiger partial charge in [0.05, 0.1) is 5.60 Å². The van der Waals surface area contributed by atoms with Crippen LogP contribution in [0, 0.1) is 5.92 Å². The fourth-order valence-corrected chi connectivity index (χ4v) is 5.61. The lowest BCUT2D eigenvalue weighted by Crippen LogP contribution is -2.45. The van der Waals surface area contributed by atoms with E-state index in [2.05, 4.69) is 13.8 Å². The van der Waals surface area contributed by atoms with Gasteiger partial charge >= 0.3 is 8.80 Å². The van der Waals surface area contributed by atoms with E-state index < -0.39 is 14.4 Å². The summed E-state index contributed by atoms with van der Waals surface area (Å²) in [5.41, 5.74) is -0.509. The van der Waals surface area contributed by atoms with E-state index in [-0.39, 0.29) is 0 Å². The Labute approximate surface area is 151 Å². The van der Waals surface area contributed by atoms with Crippen LogP contribution in [0.15, 0.2) is 0 Å². The molecule has 0 aromatic carbocycles. The molecule has 0 aliphatic rings. The molecule has 1 N–H and O–H groups in total. The van der Waals surface area contributed by atoms with E-state index in [9.17, 15) is 5.11 Å². The topological polar surface area (TPSA) is 47.9 Å². The highest BCUT2D eigenvalue weighted by Gasteiger charge is 2.39. The van der Waals surface area contributed by atoms with Gasteiger partial charge in [0.2, 0.25) is 0 Å². The van der Waals surface area contributed by atoms with Crippen molar-refractivity contribution in [2.24, 2.45) is 5.92 Å². The molecule has 1 atom stereocenters. The van der Waals surface area contributed by atoms with Gasteiger partial charge in [0.1, 0.15) is 0 Å². The molecule has 0 spiro atoms. The van der Waals surface area contributed by atoms with Crippen LogP contribution in [0.3, 0.4) is 0 Å². The molecule has 0 radical (unpaired) electrons. The van der Waals surface area contributed by atoms with Crippen molar-refractivity contribution >= 4 is 8.80 Å². The van der Waals surface area contributed by atoms with Gasteiger partial charge in [-0.2, -0.15) is 0 Å². The zero-order valence-corrected chi connectivity index (χ0v) is 18.0. The average Bonchev–Trinajstić information content (AvgIpc) is 2.50. The summed E-state index contributed by atoms with van der Waals surface area (Å²) in [6.45, 7) is 14.3. The second kappa shape index (κ2) is 13.3. The third-order valence-electron chi connectivity index (χ3n) is 4.30.